The Hall–Kier alpha value is -1.15. The van der Waals surface area contributed by atoms with Gasteiger partial charge in [0, 0.05) is 18.1 Å². The van der Waals surface area contributed by atoms with E-state index in [1.54, 1.807) is 0 Å². The minimum atomic E-state index is -6.09. The van der Waals surface area contributed by atoms with Gasteiger partial charge in [0.05, 0.1) is 0 Å². The van der Waals surface area contributed by atoms with Crippen molar-refractivity contribution in [1.82, 2.24) is 0 Å². The molecule has 0 N–H and O–H groups in total. The van der Waals surface area contributed by atoms with Gasteiger partial charge in [0.25, 0.3) is 0 Å². The van der Waals surface area contributed by atoms with Gasteiger partial charge in [-0.3, -0.25) is 0 Å². The smallest absolute Gasteiger partial charge is 0.485 e. The molecule has 22 heavy (non-hydrogen) atoms. The van der Waals surface area contributed by atoms with Gasteiger partial charge in [-0.1, -0.05) is 26.7 Å². The summed E-state index contributed by atoms with van der Waals surface area (Å²) in [5.41, 5.74) is -4.18. The van der Waals surface area contributed by atoms with E-state index >= 15 is 0 Å². The van der Waals surface area contributed by atoms with Crippen LogP contribution < -0.4 is 4.57 Å². The lowest BCUT2D eigenvalue weighted by Crippen LogP contribution is -2.33. The Labute approximate surface area is 129 Å². The van der Waals surface area contributed by atoms with E-state index in [4.69, 9.17) is 13.0 Å². The highest BCUT2D eigenvalue weighted by atomic mass is 32.2. The molecule has 0 aliphatic rings. The van der Waals surface area contributed by atoms with Crippen molar-refractivity contribution in [3.05, 3.63) is 30.1 Å². The van der Waals surface area contributed by atoms with Crippen molar-refractivity contribution in [3.8, 4) is 0 Å². The average Bonchev–Trinajstić information content (AvgIpc) is 2.38. The molecule has 1 heterocycles. The Balaban J connectivity index is 0.000000472. The van der Waals surface area contributed by atoms with Gasteiger partial charge in [0.2, 0.25) is 0 Å². The molecule has 0 unspecified atom stereocenters. The zero-order valence-corrected chi connectivity index (χ0v) is 13.6. The summed E-state index contributed by atoms with van der Waals surface area (Å²) in [7, 11) is -6.09. The van der Waals surface area contributed by atoms with E-state index in [9.17, 15) is 13.2 Å². The lowest BCUT2D eigenvalue weighted by molar-refractivity contribution is -0.697. The number of halogens is 3. The number of alkyl halides is 3. The Kier molecular flexibility index (Phi) is 9.27. The largest absolute Gasteiger partial charge is 0.741 e. The molecule has 0 aliphatic carbocycles. The highest BCUT2D eigenvalue weighted by molar-refractivity contribution is 7.86. The lowest BCUT2D eigenvalue weighted by atomic mass is 10.2. The third-order valence-electron chi connectivity index (χ3n) is 2.76. The topological polar surface area (TPSA) is 61.1 Å². The molecule has 0 saturated carbocycles. The molecule has 0 spiro atoms. The first kappa shape index (κ1) is 20.9. The zero-order chi connectivity index (χ0) is 17.2. The van der Waals surface area contributed by atoms with Gasteiger partial charge in [-0.25, -0.2) is 13.0 Å². The van der Waals surface area contributed by atoms with Crippen LogP contribution in [-0.4, -0.2) is 18.5 Å². The fourth-order valence-corrected chi connectivity index (χ4v) is 1.70. The number of unbranched alkanes of at least 4 members (excludes halogenated alkanes) is 2. The summed E-state index contributed by atoms with van der Waals surface area (Å²) in [4.78, 5) is 0. The van der Waals surface area contributed by atoms with Crippen LogP contribution in [0.2, 0.25) is 0 Å². The highest BCUT2D eigenvalue weighted by Crippen LogP contribution is 2.20. The van der Waals surface area contributed by atoms with E-state index < -0.39 is 15.6 Å². The number of nitrogens with zero attached hydrogens (tertiary/aromatic N) is 1. The maximum Gasteiger partial charge on any atom is 0.485 e. The van der Waals surface area contributed by atoms with E-state index in [-0.39, 0.29) is 0 Å². The van der Waals surface area contributed by atoms with Crippen molar-refractivity contribution in [2.75, 3.05) is 0 Å². The first-order valence-corrected chi connectivity index (χ1v) is 8.52. The molecule has 0 saturated heterocycles. The Morgan fingerprint density at radius 2 is 1.77 bits per heavy atom. The van der Waals surface area contributed by atoms with Gasteiger partial charge in [-0.15, -0.1) is 0 Å². The molecule has 1 rings (SSSR count). The molecule has 0 amide bonds. The third kappa shape index (κ3) is 8.99. The van der Waals surface area contributed by atoms with E-state index in [2.05, 4.69) is 42.9 Å². The number of hydrogen-bond acceptors (Lipinski definition) is 3. The molecule has 1 aromatic rings. The SMILES string of the molecule is CCCCC[n+]1cccc(CCC)c1.O=S(=O)([O-])C(F)(F)F. The second kappa shape index (κ2) is 9.78. The molecule has 0 radical (unpaired) electrons. The fraction of sp³-hybridized carbons (Fsp3) is 0.643. The standard InChI is InChI=1S/C13H22N.CHF3O3S/c1-3-5-6-10-14-11-7-9-13(12-14)8-4-2;2-1(3,4)8(5,6)7/h7,9,11-12H,3-6,8,10H2,1-2H3;(H,5,6,7)/q+1;/p-1. The van der Waals surface area contributed by atoms with Crippen LogP contribution in [0.4, 0.5) is 13.2 Å². The van der Waals surface area contributed by atoms with Crippen molar-refractivity contribution in [2.24, 2.45) is 0 Å². The van der Waals surface area contributed by atoms with Crippen molar-refractivity contribution in [3.63, 3.8) is 0 Å². The Morgan fingerprint density at radius 3 is 2.23 bits per heavy atom. The second-order valence-corrected chi connectivity index (χ2v) is 6.18. The summed E-state index contributed by atoms with van der Waals surface area (Å²) in [5, 5.41) is 0. The molecule has 0 aliphatic heterocycles. The van der Waals surface area contributed by atoms with E-state index in [0.29, 0.717) is 0 Å². The molecule has 0 bridgehead atoms. The van der Waals surface area contributed by atoms with Gasteiger partial charge in [-0.05, 0) is 18.9 Å². The van der Waals surface area contributed by atoms with Crippen LogP contribution in [0.25, 0.3) is 0 Å². The zero-order valence-electron chi connectivity index (χ0n) is 12.8. The molecule has 0 atom stereocenters. The maximum absolute atomic E-state index is 10.7. The number of aromatic nitrogens is 1. The number of pyridine rings is 1. The summed E-state index contributed by atoms with van der Waals surface area (Å²) in [6.07, 6.45) is 10.8. The van der Waals surface area contributed by atoms with Crippen molar-refractivity contribution in [2.45, 2.75) is 58.0 Å². The molecular formula is C14H22F3NO3S. The molecule has 4 nitrogen and oxygen atoms in total. The quantitative estimate of drug-likeness (QED) is 0.346. The number of rotatable bonds is 6. The predicted molar refractivity (Wildman–Crippen MR) is 75.9 cm³/mol. The summed E-state index contributed by atoms with van der Waals surface area (Å²) in [6.45, 7) is 5.65. The molecular weight excluding hydrogens is 319 g/mol. The van der Waals surface area contributed by atoms with Crippen LogP contribution in [0.1, 0.15) is 45.1 Å². The van der Waals surface area contributed by atoms with Crippen molar-refractivity contribution in [1.29, 1.82) is 0 Å². The monoisotopic (exact) mass is 341 g/mol. The van der Waals surface area contributed by atoms with Crippen molar-refractivity contribution < 1.29 is 30.7 Å². The normalized spacial score (nSPS) is 11.7. The van der Waals surface area contributed by atoms with Crippen LogP contribution in [0.3, 0.4) is 0 Å². The van der Waals surface area contributed by atoms with Crippen LogP contribution in [0.5, 0.6) is 0 Å². The van der Waals surface area contributed by atoms with Gasteiger partial charge in [0.15, 0.2) is 22.5 Å². The summed E-state index contributed by atoms with van der Waals surface area (Å²) in [6, 6.07) is 4.39. The second-order valence-electron chi connectivity index (χ2n) is 4.81. The van der Waals surface area contributed by atoms with Gasteiger partial charge in [0.1, 0.15) is 6.54 Å². The van der Waals surface area contributed by atoms with Crippen LogP contribution >= 0.6 is 0 Å². The van der Waals surface area contributed by atoms with Gasteiger partial charge < -0.3 is 4.55 Å². The molecule has 128 valence electrons. The first-order chi connectivity index (χ1) is 10.1. The molecule has 1 aromatic heterocycles. The lowest BCUT2D eigenvalue weighted by Gasteiger charge is -2.08. The van der Waals surface area contributed by atoms with Crippen molar-refractivity contribution >= 4 is 10.1 Å². The minimum Gasteiger partial charge on any atom is -0.741 e. The highest BCUT2D eigenvalue weighted by Gasteiger charge is 2.36. The van der Waals surface area contributed by atoms with E-state index in [1.165, 1.54) is 44.2 Å². The van der Waals surface area contributed by atoms with E-state index in [1.807, 2.05) is 0 Å². The Morgan fingerprint density at radius 1 is 1.18 bits per heavy atom. The van der Waals surface area contributed by atoms with Crippen LogP contribution in [0, 0.1) is 0 Å². The maximum atomic E-state index is 10.7. The third-order valence-corrected chi connectivity index (χ3v) is 3.33. The predicted octanol–water partition coefficient (Wildman–Crippen LogP) is 3.17. The molecule has 0 fully saturated rings. The average molecular weight is 341 g/mol. The molecule has 0 aromatic carbocycles. The summed E-state index contributed by atoms with van der Waals surface area (Å²) in [5.74, 6) is 0. The van der Waals surface area contributed by atoms with E-state index in [0.717, 1.165) is 0 Å². The number of hydrogen-bond donors (Lipinski definition) is 0. The molecule has 8 heteroatoms. The number of aryl methyl sites for hydroxylation is 2. The van der Waals surface area contributed by atoms with Crippen LogP contribution in [0.15, 0.2) is 24.5 Å². The summed E-state index contributed by atoms with van der Waals surface area (Å²) < 4.78 is 61.2. The first-order valence-electron chi connectivity index (χ1n) is 7.12. The van der Waals surface area contributed by atoms with Gasteiger partial charge in [-0.2, -0.15) is 13.2 Å². The Bertz CT molecular complexity index is 530. The van der Waals surface area contributed by atoms with Gasteiger partial charge >= 0.3 is 5.51 Å². The summed E-state index contributed by atoms with van der Waals surface area (Å²) >= 11 is 0. The van der Waals surface area contributed by atoms with Crippen LogP contribution in [-0.2, 0) is 23.1 Å². The fourth-order valence-electron chi connectivity index (χ4n) is 1.70. The minimum absolute atomic E-state index is 1.17.